The number of alkyl halides is 3. The van der Waals surface area contributed by atoms with E-state index in [4.69, 9.17) is 0 Å². The van der Waals surface area contributed by atoms with Crippen molar-refractivity contribution in [3.05, 3.63) is 42.2 Å². The van der Waals surface area contributed by atoms with Gasteiger partial charge in [-0.3, -0.25) is 0 Å². The SMILES string of the molecule is O=S(=O)(c1ccc(NCCNc2ccc(C(F)(F)F)cn2)nc1)N1CCCCC1. The van der Waals surface area contributed by atoms with Crippen LogP contribution in [0.15, 0.2) is 41.6 Å². The Morgan fingerprint density at radius 3 is 1.97 bits per heavy atom. The highest BCUT2D eigenvalue weighted by atomic mass is 32.2. The van der Waals surface area contributed by atoms with Gasteiger partial charge in [0.15, 0.2) is 0 Å². The first-order valence-electron chi connectivity index (χ1n) is 9.24. The predicted octanol–water partition coefficient (Wildman–Crippen LogP) is 3.19. The highest BCUT2D eigenvalue weighted by Crippen LogP contribution is 2.28. The summed E-state index contributed by atoms with van der Waals surface area (Å²) in [6, 6.07) is 5.34. The van der Waals surface area contributed by atoms with Gasteiger partial charge in [0.25, 0.3) is 0 Å². The van der Waals surface area contributed by atoms with Crippen molar-refractivity contribution in [2.24, 2.45) is 0 Å². The van der Waals surface area contributed by atoms with Crippen LogP contribution in [0.2, 0.25) is 0 Å². The van der Waals surface area contributed by atoms with E-state index in [2.05, 4.69) is 20.6 Å². The third kappa shape index (κ3) is 5.57. The highest BCUT2D eigenvalue weighted by molar-refractivity contribution is 7.89. The molecule has 0 aromatic carbocycles. The molecule has 158 valence electrons. The number of hydrogen-bond acceptors (Lipinski definition) is 6. The molecule has 1 fully saturated rings. The summed E-state index contributed by atoms with van der Waals surface area (Å²) >= 11 is 0. The molecule has 0 bridgehead atoms. The molecule has 1 saturated heterocycles. The minimum Gasteiger partial charge on any atom is -0.368 e. The number of aromatic nitrogens is 2. The lowest BCUT2D eigenvalue weighted by molar-refractivity contribution is -0.137. The van der Waals surface area contributed by atoms with Crippen LogP contribution in [0.5, 0.6) is 0 Å². The van der Waals surface area contributed by atoms with Crippen LogP contribution < -0.4 is 10.6 Å². The van der Waals surface area contributed by atoms with E-state index in [1.54, 1.807) is 6.07 Å². The molecule has 0 aliphatic carbocycles. The van der Waals surface area contributed by atoms with E-state index < -0.39 is 21.8 Å². The molecule has 3 heterocycles. The number of nitrogens with one attached hydrogen (secondary N) is 2. The van der Waals surface area contributed by atoms with E-state index in [0.29, 0.717) is 37.8 Å². The van der Waals surface area contributed by atoms with Crippen LogP contribution >= 0.6 is 0 Å². The molecule has 1 aliphatic heterocycles. The summed E-state index contributed by atoms with van der Waals surface area (Å²) in [5, 5.41) is 5.92. The zero-order chi connectivity index (χ0) is 20.9. The molecule has 0 unspecified atom stereocenters. The van der Waals surface area contributed by atoms with Crippen LogP contribution in [0.1, 0.15) is 24.8 Å². The minimum atomic E-state index is -4.41. The van der Waals surface area contributed by atoms with Crippen molar-refractivity contribution in [1.29, 1.82) is 0 Å². The molecule has 11 heteroatoms. The first-order chi connectivity index (χ1) is 13.8. The zero-order valence-electron chi connectivity index (χ0n) is 15.6. The summed E-state index contributed by atoms with van der Waals surface area (Å²) in [4.78, 5) is 8.03. The fourth-order valence-corrected chi connectivity index (χ4v) is 4.40. The van der Waals surface area contributed by atoms with E-state index in [1.165, 1.54) is 22.6 Å². The second kappa shape index (κ2) is 8.95. The fraction of sp³-hybridized carbons (Fsp3) is 0.444. The molecule has 29 heavy (non-hydrogen) atoms. The maximum atomic E-state index is 12.6. The van der Waals surface area contributed by atoms with Crippen LogP contribution in [0.4, 0.5) is 24.8 Å². The average Bonchev–Trinajstić information content (AvgIpc) is 2.72. The van der Waals surface area contributed by atoms with Gasteiger partial charge in [-0.25, -0.2) is 18.4 Å². The van der Waals surface area contributed by atoms with Crippen LogP contribution in [0.3, 0.4) is 0 Å². The summed E-state index contributed by atoms with van der Waals surface area (Å²) in [5.74, 6) is 0.834. The van der Waals surface area contributed by atoms with Crippen LogP contribution in [-0.2, 0) is 16.2 Å². The van der Waals surface area contributed by atoms with Crippen LogP contribution in [-0.4, -0.2) is 48.9 Å². The molecule has 0 spiro atoms. The zero-order valence-corrected chi connectivity index (χ0v) is 16.4. The Hall–Kier alpha value is -2.40. The molecular weight excluding hydrogens is 407 g/mol. The van der Waals surface area contributed by atoms with E-state index >= 15 is 0 Å². The summed E-state index contributed by atoms with van der Waals surface area (Å²) < 4.78 is 64.2. The van der Waals surface area contributed by atoms with Crippen molar-refractivity contribution in [3.8, 4) is 0 Å². The Labute approximate surface area is 167 Å². The molecule has 1 aliphatic rings. The van der Waals surface area contributed by atoms with Gasteiger partial charge in [-0.2, -0.15) is 17.5 Å². The molecule has 2 aromatic rings. The largest absolute Gasteiger partial charge is 0.417 e. The number of hydrogen-bond donors (Lipinski definition) is 2. The molecule has 3 rings (SSSR count). The Morgan fingerprint density at radius 1 is 0.897 bits per heavy atom. The van der Waals surface area contributed by atoms with E-state index in [1.807, 2.05) is 0 Å². The first-order valence-corrected chi connectivity index (χ1v) is 10.7. The Balaban J connectivity index is 1.48. The smallest absolute Gasteiger partial charge is 0.368 e. The molecule has 2 aromatic heterocycles. The van der Waals surface area contributed by atoms with Crippen LogP contribution in [0.25, 0.3) is 0 Å². The van der Waals surface area contributed by atoms with E-state index in [0.717, 1.165) is 31.5 Å². The van der Waals surface area contributed by atoms with Gasteiger partial charge >= 0.3 is 6.18 Å². The second-order valence-electron chi connectivity index (χ2n) is 6.63. The van der Waals surface area contributed by atoms with E-state index in [9.17, 15) is 21.6 Å². The number of anilines is 2. The summed E-state index contributed by atoms with van der Waals surface area (Å²) in [5.41, 5.74) is -0.801. The monoisotopic (exact) mass is 429 g/mol. The summed E-state index contributed by atoms with van der Waals surface area (Å²) in [6.07, 6.45) is 0.478. The van der Waals surface area contributed by atoms with Gasteiger partial charge in [0.2, 0.25) is 10.0 Å². The standard InChI is InChI=1S/C18H22F3N5O2S/c19-18(20,21)14-4-6-16(24-12-14)22-8-9-23-17-7-5-15(13-25-17)29(27,28)26-10-2-1-3-11-26/h4-7,12-13H,1-3,8-11H2,(H,22,24)(H,23,25). The quantitative estimate of drug-likeness (QED) is 0.658. The fourth-order valence-electron chi connectivity index (χ4n) is 2.94. The minimum absolute atomic E-state index is 0.164. The Bertz CT molecular complexity index is 897. The first kappa shape index (κ1) is 21.3. The third-order valence-corrected chi connectivity index (χ3v) is 6.40. The second-order valence-corrected chi connectivity index (χ2v) is 8.57. The van der Waals surface area contributed by atoms with Crippen molar-refractivity contribution < 1.29 is 21.6 Å². The molecule has 2 N–H and O–H groups in total. The lowest BCUT2D eigenvalue weighted by atomic mass is 10.2. The van der Waals surface area contributed by atoms with Gasteiger partial charge in [0, 0.05) is 38.6 Å². The summed E-state index contributed by atoms with van der Waals surface area (Å²) in [7, 11) is -3.51. The number of pyridine rings is 2. The molecule has 0 radical (unpaired) electrons. The third-order valence-electron chi connectivity index (χ3n) is 4.52. The van der Waals surface area contributed by atoms with Crippen molar-refractivity contribution >= 4 is 21.7 Å². The van der Waals surface area contributed by atoms with Gasteiger partial charge in [0.05, 0.1) is 5.56 Å². The van der Waals surface area contributed by atoms with Gasteiger partial charge < -0.3 is 10.6 Å². The lowest BCUT2D eigenvalue weighted by Gasteiger charge is -2.25. The maximum absolute atomic E-state index is 12.6. The van der Waals surface area contributed by atoms with Crippen molar-refractivity contribution in [3.63, 3.8) is 0 Å². The maximum Gasteiger partial charge on any atom is 0.417 e. The number of piperidine rings is 1. The van der Waals surface area contributed by atoms with Gasteiger partial charge in [-0.1, -0.05) is 6.42 Å². The van der Waals surface area contributed by atoms with Gasteiger partial charge in [-0.05, 0) is 37.1 Å². The molecule has 0 saturated carbocycles. The number of nitrogens with zero attached hydrogens (tertiary/aromatic N) is 3. The average molecular weight is 429 g/mol. The van der Waals surface area contributed by atoms with E-state index in [-0.39, 0.29) is 4.90 Å². The number of rotatable bonds is 7. The lowest BCUT2D eigenvalue weighted by Crippen LogP contribution is -2.35. The Morgan fingerprint density at radius 2 is 1.48 bits per heavy atom. The molecular formula is C18H22F3N5O2S. The topological polar surface area (TPSA) is 87.2 Å². The number of halogens is 3. The molecule has 0 atom stereocenters. The predicted molar refractivity (Wildman–Crippen MR) is 103 cm³/mol. The summed E-state index contributed by atoms with van der Waals surface area (Å²) in [6.45, 7) is 1.89. The highest BCUT2D eigenvalue weighted by Gasteiger charge is 2.30. The van der Waals surface area contributed by atoms with Crippen molar-refractivity contribution in [2.45, 2.75) is 30.3 Å². The van der Waals surface area contributed by atoms with Gasteiger partial charge in [0.1, 0.15) is 16.5 Å². The molecule has 0 amide bonds. The van der Waals surface area contributed by atoms with Crippen LogP contribution in [0, 0.1) is 0 Å². The van der Waals surface area contributed by atoms with Crippen molar-refractivity contribution in [2.75, 3.05) is 36.8 Å². The molecule has 7 nitrogen and oxygen atoms in total. The van der Waals surface area contributed by atoms with Crippen molar-refractivity contribution in [1.82, 2.24) is 14.3 Å². The number of sulfonamides is 1. The normalized spacial score (nSPS) is 15.8. The Kier molecular flexibility index (Phi) is 6.58. The van der Waals surface area contributed by atoms with Gasteiger partial charge in [-0.15, -0.1) is 0 Å².